The Morgan fingerprint density at radius 1 is 1.03 bits per heavy atom. The lowest BCUT2D eigenvalue weighted by molar-refractivity contribution is -0.115. The lowest BCUT2D eigenvalue weighted by Gasteiger charge is -2.20. The Labute approximate surface area is 186 Å². The van der Waals surface area contributed by atoms with Crippen LogP contribution in [0.3, 0.4) is 0 Å². The quantitative estimate of drug-likeness (QED) is 0.630. The average Bonchev–Trinajstić information content (AvgIpc) is 2.78. The van der Waals surface area contributed by atoms with E-state index in [-0.39, 0.29) is 22.7 Å². The van der Waals surface area contributed by atoms with Crippen LogP contribution >= 0.6 is 0 Å². The maximum Gasteiger partial charge on any atom is 0.266 e. The van der Waals surface area contributed by atoms with E-state index in [1.807, 2.05) is 6.92 Å². The number of nitrogens with one attached hydrogen (secondary N) is 1. The highest BCUT2D eigenvalue weighted by atomic mass is 32.2. The molecule has 1 amide bonds. The summed E-state index contributed by atoms with van der Waals surface area (Å²) in [4.78, 5) is 22.0. The zero-order valence-electron chi connectivity index (χ0n) is 17.7. The fourth-order valence-corrected chi connectivity index (χ4v) is 4.26. The van der Waals surface area contributed by atoms with Gasteiger partial charge in [0.2, 0.25) is 0 Å². The van der Waals surface area contributed by atoms with Crippen LogP contribution in [0.1, 0.15) is 30.5 Å². The molecule has 0 aliphatic carbocycles. The summed E-state index contributed by atoms with van der Waals surface area (Å²) < 4.78 is 36.6. The van der Waals surface area contributed by atoms with Crippen LogP contribution in [0.25, 0.3) is 11.1 Å². The number of aryl methyl sites for hydroxylation is 1. The number of halogens is 1. The van der Waals surface area contributed by atoms with Gasteiger partial charge in [-0.3, -0.25) is 9.78 Å². The Bertz CT molecular complexity index is 1300. The second-order valence-electron chi connectivity index (χ2n) is 7.80. The first-order valence-electron chi connectivity index (χ1n) is 10.1. The molecule has 1 aliphatic heterocycles. The summed E-state index contributed by atoms with van der Waals surface area (Å²) in [6, 6.07) is 12.2. The molecule has 2 heterocycles. The first-order valence-corrected chi connectivity index (χ1v) is 12.0. The van der Waals surface area contributed by atoms with Gasteiger partial charge < -0.3 is 5.32 Å². The summed E-state index contributed by atoms with van der Waals surface area (Å²) in [6.45, 7) is 1.83. The van der Waals surface area contributed by atoms with Crippen molar-refractivity contribution in [3.63, 3.8) is 0 Å². The molecular weight excluding hydrogens is 429 g/mol. The fraction of sp³-hybridized carbons (Fsp3) is 0.208. The summed E-state index contributed by atoms with van der Waals surface area (Å²) in [7, 11) is -3.28. The lowest BCUT2D eigenvalue weighted by Crippen LogP contribution is -2.34. The topological polar surface area (TPSA) is 88.5 Å². The molecule has 1 unspecified atom stereocenters. The highest BCUT2D eigenvalue weighted by Crippen LogP contribution is 2.36. The fourth-order valence-electron chi connectivity index (χ4n) is 3.63. The summed E-state index contributed by atoms with van der Waals surface area (Å²) in [6.07, 6.45) is 5.67. The number of carbonyl (C=O) groups is 1. The summed E-state index contributed by atoms with van der Waals surface area (Å²) >= 11 is 0. The van der Waals surface area contributed by atoms with E-state index in [1.165, 1.54) is 24.3 Å². The second-order valence-corrected chi connectivity index (χ2v) is 9.81. The van der Waals surface area contributed by atoms with Crippen LogP contribution in [0.4, 0.5) is 10.1 Å². The van der Waals surface area contributed by atoms with Crippen molar-refractivity contribution in [2.24, 2.45) is 4.99 Å². The zero-order valence-corrected chi connectivity index (χ0v) is 18.5. The maximum absolute atomic E-state index is 13.3. The number of carbonyl (C=O) groups excluding carboxylic acids is 1. The van der Waals surface area contributed by atoms with Crippen LogP contribution in [-0.4, -0.2) is 31.3 Å². The molecule has 0 spiro atoms. The third-order valence-corrected chi connectivity index (χ3v) is 6.57. The predicted octanol–water partition coefficient (Wildman–Crippen LogP) is 4.19. The van der Waals surface area contributed by atoms with Crippen molar-refractivity contribution in [1.29, 1.82) is 0 Å². The molecular formula is C24H22FN3O3S. The molecule has 1 aromatic heterocycles. The largest absolute Gasteiger partial charge is 0.344 e. The molecule has 1 atom stereocenters. The molecule has 32 heavy (non-hydrogen) atoms. The number of benzene rings is 2. The number of pyridine rings is 1. The van der Waals surface area contributed by atoms with E-state index in [9.17, 15) is 17.6 Å². The number of aliphatic imine (C=N–C) groups is 1. The molecule has 0 radical (unpaired) electrons. The van der Waals surface area contributed by atoms with Gasteiger partial charge in [0.1, 0.15) is 11.5 Å². The number of aromatic nitrogens is 1. The highest BCUT2D eigenvalue weighted by Gasteiger charge is 2.22. The van der Waals surface area contributed by atoms with Gasteiger partial charge in [-0.1, -0.05) is 24.3 Å². The van der Waals surface area contributed by atoms with Crippen LogP contribution < -0.4 is 5.32 Å². The number of fused-ring (bicyclic) bond motifs is 1. The average molecular weight is 452 g/mol. The number of sulfone groups is 1. The van der Waals surface area contributed by atoms with Crippen molar-refractivity contribution in [2.45, 2.75) is 30.7 Å². The molecule has 8 heteroatoms. The molecule has 1 N–H and O–H groups in total. The molecule has 1 aliphatic rings. The smallest absolute Gasteiger partial charge is 0.266 e. The van der Waals surface area contributed by atoms with E-state index >= 15 is 0 Å². The van der Waals surface area contributed by atoms with E-state index in [1.54, 1.807) is 36.7 Å². The first-order chi connectivity index (χ1) is 15.2. The molecule has 0 bridgehead atoms. The number of amides is 1. The Balaban J connectivity index is 1.57. The monoisotopic (exact) mass is 451 g/mol. The first kappa shape index (κ1) is 21.8. The molecule has 164 valence electrons. The summed E-state index contributed by atoms with van der Waals surface area (Å²) in [5, 5.41) is 2.94. The summed E-state index contributed by atoms with van der Waals surface area (Å²) in [5.74, 6) is -0.606. The van der Waals surface area contributed by atoms with Crippen molar-refractivity contribution in [2.75, 3.05) is 6.26 Å². The van der Waals surface area contributed by atoms with Crippen molar-refractivity contribution in [3.05, 3.63) is 77.9 Å². The van der Waals surface area contributed by atoms with E-state index in [0.29, 0.717) is 24.2 Å². The van der Waals surface area contributed by atoms with Crippen LogP contribution in [0.15, 0.2) is 70.8 Å². The Morgan fingerprint density at radius 2 is 1.72 bits per heavy atom. The number of rotatable bonds is 5. The van der Waals surface area contributed by atoms with Gasteiger partial charge in [-0.25, -0.2) is 17.8 Å². The van der Waals surface area contributed by atoms with Gasteiger partial charge in [0.25, 0.3) is 5.91 Å². The predicted molar refractivity (Wildman–Crippen MR) is 121 cm³/mol. The minimum Gasteiger partial charge on any atom is -0.344 e. The molecule has 0 saturated carbocycles. The maximum atomic E-state index is 13.3. The van der Waals surface area contributed by atoms with E-state index in [0.717, 1.165) is 28.5 Å². The van der Waals surface area contributed by atoms with Crippen LogP contribution in [0.2, 0.25) is 0 Å². The van der Waals surface area contributed by atoms with Gasteiger partial charge in [0, 0.05) is 24.2 Å². The van der Waals surface area contributed by atoms with Gasteiger partial charge in [0.05, 0.1) is 16.6 Å². The Morgan fingerprint density at radius 3 is 2.38 bits per heavy atom. The minimum atomic E-state index is -3.28. The van der Waals surface area contributed by atoms with Crippen molar-refractivity contribution < 1.29 is 17.6 Å². The van der Waals surface area contributed by atoms with Gasteiger partial charge >= 0.3 is 0 Å². The Kier molecular flexibility index (Phi) is 5.88. The number of hydrogen-bond acceptors (Lipinski definition) is 5. The standard InChI is InChI=1S/C24H22FN3O3S/c1-15(16-5-10-20(11-6-16)32(2,30)31)27-24(29)22-12-7-18-13-26-14-21(23(18)28-22)17-3-8-19(25)9-4-17/h3-6,8-11,13-15H,7,12H2,1-2H3,(H,27,29). The van der Waals surface area contributed by atoms with Crippen LogP contribution in [0.5, 0.6) is 0 Å². The van der Waals surface area contributed by atoms with Crippen molar-refractivity contribution >= 4 is 27.1 Å². The van der Waals surface area contributed by atoms with Crippen molar-refractivity contribution in [3.8, 4) is 11.1 Å². The molecule has 2 aromatic carbocycles. The van der Waals surface area contributed by atoms with Crippen LogP contribution in [-0.2, 0) is 21.1 Å². The third-order valence-electron chi connectivity index (χ3n) is 5.44. The third kappa shape index (κ3) is 4.60. The van der Waals surface area contributed by atoms with Gasteiger partial charge in [0.15, 0.2) is 9.84 Å². The lowest BCUT2D eigenvalue weighted by atomic mass is 9.97. The number of hydrogen-bond donors (Lipinski definition) is 1. The van der Waals surface area contributed by atoms with Crippen molar-refractivity contribution in [1.82, 2.24) is 10.3 Å². The second kappa shape index (κ2) is 8.63. The molecule has 4 rings (SSSR count). The van der Waals surface area contributed by atoms with Gasteiger partial charge in [-0.2, -0.15) is 0 Å². The molecule has 0 saturated heterocycles. The normalized spacial score (nSPS) is 14.3. The number of nitrogens with zero attached hydrogens (tertiary/aromatic N) is 2. The van der Waals surface area contributed by atoms with Gasteiger partial charge in [-0.15, -0.1) is 0 Å². The molecule has 6 nitrogen and oxygen atoms in total. The van der Waals surface area contributed by atoms with Gasteiger partial charge in [-0.05, 0) is 60.7 Å². The van der Waals surface area contributed by atoms with E-state index in [4.69, 9.17) is 0 Å². The highest BCUT2D eigenvalue weighted by molar-refractivity contribution is 7.90. The zero-order chi connectivity index (χ0) is 22.9. The molecule has 0 fully saturated rings. The SMILES string of the molecule is CC(NC(=O)C1=Nc2c(cncc2-c2ccc(F)cc2)CC1)c1ccc(S(C)(=O)=O)cc1. The van der Waals surface area contributed by atoms with E-state index in [2.05, 4.69) is 15.3 Å². The summed E-state index contributed by atoms with van der Waals surface area (Å²) in [5.41, 5.74) is 4.34. The van der Waals surface area contributed by atoms with Crippen LogP contribution in [0, 0.1) is 5.82 Å². The molecule has 3 aromatic rings. The Hall–Kier alpha value is -3.39. The van der Waals surface area contributed by atoms with E-state index < -0.39 is 9.84 Å². The minimum absolute atomic E-state index is 0.231.